The first-order chi connectivity index (χ1) is 10.2. The van der Waals surface area contributed by atoms with Crippen molar-refractivity contribution in [1.29, 1.82) is 0 Å². The van der Waals surface area contributed by atoms with E-state index in [1.807, 2.05) is 31.2 Å². The van der Waals surface area contributed by atoms with Crippen LogP contribution < -0.4 is 10.5 Å². The van der Waals surface area contributed by atoms with Crippen LogP contribution in [0, 0.1) is 0 Å². The fraction of sp³-hybridized carbons (Fsp3) is 0.375. The lowest BCUT2D eigenvalue weighted by molar-refractivity contribution is 0.234. The summed E-state index contributed by atoms with van der Waals surface area (Å²) in [6.45, 7) is 4.00. The summed E-state index contributed by atoms with van der Waals surface area (Å²) in [4.78, 5) is 3.47. The van der Waals surface area contributed by atoms with Crippen molar-refractivity contribution in [3.8, 4) is 5.75 Å². The van der Waals surface area contributed by atoms with Crippen LogP contribution in [0.5, 0.6) is 5.75 Å². The molecule has 21 heavy (non-hydrogen) atoms. The summed E-state index contributed by atoms with van der Waals surface area (Å²) >= 11 is 7.60. The Morgan fingerprint density at radius 2 is 2.05 bits per heavy atom. The van der Waals surface area contributed by atoms with E-state index in [4.69, 9.17) is 22.1 Å². The van der Waals surface area contributed by atoms with Gasteiger partial charge in [-0.05, 0) is 32.2 Å². The second-order valence-corrected chi connectivity index (χ2v) is 6.64. The zero-order valence-corrected chi connectivity index (χ0v) is 14.0. The number of halogens is 1. The van der Waals surface area contributed by atoms with Gasteiger partial charge in [-0.3, -0.25) is 4.90 Å². The molecule has 0 aliphatic heterocycles. The highest BCUT2D eigenvalue weighted by Gasteiger charge is 2.19. The monoisotopic (exact) mass is 324 g/mol. The molecule has 0 aliphatic carbocycles. The topological polar surface area (TPSA) is 38.5 Å². The average Bonchev–Trinajstić information content (AvgIpc) is 2.87. The standard InChI is InChI=1S/C16H21ClN2OS/c1-3-20-15-7-5-4-6-13(15)14(10-18)19(2)11-12-8-9-16(17)21-12/h4-9,14H,3,10-11,18H2,1-2H3. The maximum atomic E-state index is 6.01. The predicted octanol–water partition coefficient (Wildman–Crippen LogP) is 3.93. The lowest BCUT2D eigenvalue weighted by Gasteiger charge is -2.28. The molecule has 114 valence electrons. The zero-order valence-electron chi connectivity index (χ0n) is 12.4. The van der Waals surface area contributed by atoms with E-state index in [-0.39, 0.29) is 6.04 Å². The third-order valence-corrected chi connectivity index (χ3v) is 4.58. The van der Waals surface area contributed by atoms with Gasteiger partial charge in [0.25, 0.3) is 0 Å². The van der Waals surface area contributed by atoms with Gasteiger partial charge < -0.3 is 10.5 Å². The minimum atomic E-state index is 0.119. The first-order valence-electron chi connectivity index (χ1n) is 7.02. The third kappa shape index (κ3) is 4.20. The Labute approximate surface area is 135 Å². The van der Waals surface area contributed by atoms with Gasteiger partial charge in [0.2, 0.25) is 0 Å². The minimum absolute atomic E-state index is 0.119. The van der Waals surface area contributed by atoms with Crippen LogP contribution in [0.15, 0.2) is 36.4 Å². The summed E-state index contributed by atoms with van der Waals surface area (Å²) in [5, 5.41) is 0. The molecule has 2 rings (SSSR count). The summed E-state index contributed by atoms with van der Waals surface area (Å²) in [5.74, 6) is 0.909. The molecule has 1 heterocycles. The maximum absolute atomic E-state index is 6.01. The van der Waals surface area contributed by atoms with Crippen molar-refractivity contribution in [2.75, 3.05) is 20.2 Å². The number of rotatable bonds is 7. The largest absolute Gasteiger partial charge is 0.494 e. The molecule has 0 fully saturated rings. The van der Waals surface area contributed by atoms with Crippen LogP contribution in [0.1, 0.15) is 23.4 Å². The molecule has 0 radical (unpaired) electrons. The van der Waals surface area contributed by atoms with Gasteiger partial charge in [0.15, 0.2) is 0 Å². The van der Waals surface area contributed by atoms with Crippen molar-refractivity contribution >= 4 is 22.9 Å². The van der Waals surface area contributed by atoms with Gasteiger partial charge in [0, 0.05) is 23.5 Å². The van der Waals surface area contributed by atoms with E-state index in [9.17, 15) is 0 Å². The van der Waals surface area contributed by atoms with Gasteiger partial charge in [-0.1, -0.05) is 29.8 Å². The maximum Gasteiger partial charge on any atom is 0.124 e. The number of likely N-dealkylation sites (N-methyl/N-ethyl adjacent to an activating group) is 1. The van der Waals surface area contributed by atoms with Gasteiger partial charge >= 0.3 is 0 Å². The molecule has 0 amide bonds. The summed E-state index contributed by atoms with van der Waals surface area (Å²) < 4.78 is 6.54. The van der Waals surface area contributed by atoms with E-state index in [0.717, 1.165) is 22.2 Å². The van der Waals surface area contributed by atoms with Crippen LogP contribution >= 0.6 is 22.9 Å². The van der Waals surface area contributed by atoms with Crippen LogP contribution in [0.4, 0.5) is 0 Å². The number of nitrogens with two attached hydrogens (primary N) is 1. The summed E-state index contributed by atoms with van der Waals surface area (Å²) in [6.07, 6.45) is 0. The van der Waals surface area contributed by atoms with E-state index in [1.54, 1.807) is 11.3 Å². The van der Waals surface area contributed by atoms with Gasteiger partial charge in [0.1, 0.15) is 5.75 Å². The first-order valence-corrected chi connectivity index (χ1v) is 8.21. The quantitative estimate of drug-likeness (QED) is 0.838. The molecule has 1 unspecified atom stereocenters. The Hall–Kier alpha value is -1.07. The van der Waals surface area contributed by atoms with Crippen LogP contribution in [-0.2, 0) is 6.54 Å². The number of nitrogens with zero attached hydrogens (tertiary/aromatic N) is 1. The Balaban J connectivity index is 2.18. The zero-order chi connectivity index (χ0) is 15.2. The summed E-state index contributed by atoms with van der Waals surface area (Å²) in [7, 11) is 2.08. The lowest BCUT2D eigenvalue weighted by Crippen LogP contribution is -2.30. The number of benzene rings is 1. The van der Waals surface area contributed by atoms with Crippen LogP contribution in [0.2, 0.25) is 4.34 Å². The normalized spacial score (nSPS) is 12.6. The highest BCUT2D eigenvalue weighted by atomic mass is 35.5. The molecule has 0 aliphatic rings. The Bertz CT molecular complexity index is 573. The van der Waals surface area contributed by atoms with Crippen molar-refractivity contribution in [3.05, 3.63) is 51.2 Å². The molecule has 0 bridgehead atoms. The molecular weight excluding hydrogens is 304 g/mol. The SMILES string of the molecule is CCOc1ccccc1C(CN)N(C)Cc1ccc(Cl)s1. The molecule has 0 saturated heterocycles. The van der Waals surface area contributed by atoms with Crippen molar-refractivity contribution in [2.45, 2.75) is 19.5 Å². The third-order valence-electron chi connectivity index (χ3n) is 3.37. The van der Waals surface area contributed by atoms with Crippen LogP contribution in [0.3, 0.4) is 0 Å². The molecule has 1 aromatic carbocycles. The van der Waals surface area contributed by atoms with E-state index in [2.05, 4.69) is 24.1 Å². The predicted molar refractivity (Wildman–Crippen MR) is 90.2 cm³/mol. The van der Waals surface area contributed by atoms with Gasteiger partial charge in [-0.2, -0.15) is 0 Å². The van der Waals surface area contributed by atoms with Gasteiger partial charge in [-0.15, -0.1) is 11.3 Å². The van der Waals surface area contributed by atoms with Gasteiger partial charge in [-0.25, -0.2) is 0 Å². The second kappa shape index (κ2) is 7.80. The number of thiophene rings is 1. The molecular formula is C16H21ClN2OS. The molecule has 0 spiro atoms. The van der Waals surface area contributed by atoms with Crippen LogP contribution in [0.25, 0.3) is 0 Å². The van der Waals surface area contributed by atoms with E-state index in [0.29, 0.717) is 13.2 Å². The van der Waals surface area contributed by atoms with Crippen molar-refractivity contribution in [3.63, 3.8) is 0 Å². The lowest BCUT2D eigenvalue weighted by atomic mass is 10.0. The Kier molecular flexibility index (Phi) is 6.06. The fourth-order valence-electron chi connectivity index (χ4n) is 2.38. The minimum Gasteiger partial charge on any atom is -0.494 e. The molecule has 5 heteroatoms. The van der Waals surface area contributed by atoms with Crippen molar-refractivity contribution in [2.24, 2.45) is 5.73 Å². The van der Waals surface area contributed by atoms with Crippen molar-refractivity contribution < 1.29 is 4.74 Å². The number of hydrogen-bond donors (Lipinski definition) is 1. The first kappa shape index (κ1) is 16.3. The number of hydrogen-bond acceptors (Lipinski definition) is 4. The van der Waals surface area contributed by atoms with Gasteiger partial charge in [0.05, 0.1) is 17.0 Å². The molecule has 3 nitrogen and oxygen atoms in total. The van der Waals surface area contributed by atoms with Crippen molar-refractivity contribution in [1.82, 2.24) is 4.90 Å². The molecule has 0 saturated carbocycles. The fourth-order valence-corrected chi connectivity index (χ4v) is 3.53. The van der Waals surface area contributed by atoms with E-state index >= 15 is 0 Å². The smallest absolute Gasteiger partial charge is 0.124 e. The molecule has 2 aromatic rings. The molecule has 2 N–H and O–H groups in total. The Morgan fingerprint density at radius 1 is 1.29 bits per heavy atom. The molecule has 1 aromatic heterocycles. The molecule has 1 atom stereocenters. The highest BCUT2D eigenvalue weighted by molar-refractivity contribution is 7.16. The highest BCUT2D eigenvalue weighted by Crippen LogP contribution is 2.30. The number of para-hydroxylation sites is 1. The second-order valence-electron chi connectivity index (χ2n) is 4.84. The average molecular weight is 325 g/mol. The summed E-state index contributed by atoms with van der Waals surface area (Å²) in [6, 6.07) is 12.2. The van der Waals surface area contributed by atoms with E-state index < -0.39 is 0 Å². The van der Waals surface area contributed by atoms with E-state index in [1.165, 1.54) is 4.88 Å². The Morgan fingerprint density at radius 3 is 2.67 bits per heavy atom. The number of ether oxygens (including phenoxy) is 1. The summed E-state index contributed by atoms with van der Waals surface area (Å²) in [5.41, 5.74) is 7.14. The van der Waals surface area contributed by atoms with Crippen LogP contribution in [-0.4, -0.2) is 25.1 Å².